The number of fused-ring (bicyclic) bond motifs is 8. The molecule has 1 heterocycles. The van der Waals surface area contributed by atoms with Gasteiger partial charge in [0.05, 0.1) is 11.0 Å². The van der Waals surface area contributed by atoms with E-state index in [1.807, 2.05) is 0 Å². The summed E-state index contributed by atoms with van der Waals surface area (Å²) in [6.45, 7) is 14.7. The molecule has 7 rings (SSSR count). The molecular weight excluding hydrogens is 422 g/mol. The average molecular weight is 456 g/mol. The molecule has 1 nitrogen and oxygen atoms in total. The van der Waals surface area contributed by atoms with Gasteiger partial charge in [-0.25, -0.2) is 0 Å². The number of nitrogens with zero attached hydrogens (tertiary/aromatic N) is 1. The van der Waals surface area contributed by atoms with E-state index in [1.165, 1.54) is 55.3 Å². The Morgan fingerprint density at radius 3 is 2.03 bits per heavy atom. The standard InChI is InChI=1S/C34H33N/c1-32(2)28-19-21-18-27-23(26(21)20-29(28)33(3,4)34(32,5)6)16-17-25-24-14-10-11-15-30(24)35(31(25)27)22-12-8-7-9-13-22/h7-17,19-20H,18H2,1-6H3. The maximum atomic E-state index is 2.56. The van der Waals surface area contributed by atoms with Gasteiger partial charge in [-0.3, -0.25) is 0 Å². The zero-order valence-corrected chi connectivity index (χ0v) is 21.7. The molecular formula is C34H33N. The van der Waals surface area contributed by atoms with Crippen molar-refractivity contribution in [1.29, 1.82) is 0 Å². The molecule has 0 bridgehead atoms. The van der Waals surface area contributed by atoms with Crippen LogP contribution in [0.3, 0.4) is 0 Å². The van der Waals surface area contributed by atoms with E-state index in [0.29, 0.717) is 0 Å². The minimum atomic E-state index is 0.118. The van der Waals surface area contributed by atoms with E-state index in [2.05, 4.69) is 125 Å². The highest BCUT2D eigenvalue weighted by molar-refractivity contribution is 6.12. The van der Waals surface area contributed by atoms with Crippen molar-refractivity contribution in [1.82, 2.24) is 4.57 Å². The van der Waals surface area contributed by atoms with Crippen LogP contribution in [0, 0.1) is 5.41 Å². The molecule has 1 heteroatoms. The fourth-order valence-electron chi connectivity index (χ4n) is 7.12. The molecule has 0 saturated carbocycles. The van der Waals surface area contributed by atoms with Gasteiger partial charge in [-0.15, -0.1) is 0 Å². The third kappa shape index (κ3) is 2.39. The maximum absolute atomic E-state index is 2.56. The van der Waals surface area contributed by atoms with Crippen molar-refractivity contribution in [3.63, 3.8) is 0 Å². The first kappa shape index (κ1) is 21.0. The molecule has 0 N–H and O–H groups in total. The van der Waals surface area contributed by atoms with Crippen LogP contribution in [0.25, 0.3) is 38.6 Å². The summed E-state index contributed by atoms with van der Waals surface area (Å²) in [6.07, 6.45) is 0.995. The van der Waals surface area contributed by atoms with Gasteiger partial charge in [0.25, 0.3) is 0 Å². The van der Waals surface area contributed by atoms with E-state index < -0.39 is 0 Å². The summed E-state index contributed by atoms with van der Waals surface area (Å²) in [5.74, 6) is 0. The smallest absolute Gasteiger partial charge is 0.0582 e. The molecule has 0 spiro atoms. The largest absolute Gasteiger partial charge is 0.309 e. The van der Waals surface area contributed by atoms with E-state index in [0.717, 1.165) is 6.42 Å². The van der Waals surface area contributed by atoms with Crippen molar-refractivity contribution in [2.24, 2.45) is 5.41 Å². The molecule has 2 aliphatic carbocycles. The van der Waals surface area contributed by atoms with Gasteiger partial charge in [-0.1, -0.05) is 96.1 Å². The molecule has 0 saturated heterocycles. The molecule has 0 fully saturated rings. The first-order chi connectivity index (χ1) is 16.6. The minimum Gasteiger partial charge on any atom is -0.309 e. The number of aromatic nitrogens is 1. The molecule has 2 aliphatic rings. The lowest BCUT2D eigenvalue weighted by Crippen LogP contribution is -2.42. The Morgan fingerprint density at radius 2 is 1.29 bits per heavy atom. The van der Waals surface area contributed by atoms with Gasteiger partial charge >= 0.3 is 0 Å². The fraction of sp³-hybridized carbons (Fsp3) is 0.294. The molecule has 0 atom stereocenters. The summed E-state index contributed by atoms with van der Waals surface area (Å²) in [5.41, 5.74) is 13.2. The summed E-state index contributed by atoms with van der Waals surface area (Å²) < 4.78 is 2.49. The Balaban J connectivity index is 1.55. The topological polar surface area (TPSA) is 4.93 Å². The van der Waals surface area contributed by atoms with Crippen molar-refractivity contribution in [3.8, 4) is 16.8 Å². The summed E-state index contributed by atoms with van der Waals surface area (Å²) in [6, 6.07) is 29.6. The van der Waals surface area contributed by atoms with Crippen LogP contribution in [0.2, 0.25) is 0 Å². The third-order valence-electron chi connectivity index (χ3n) is 10.3. The summed E-state index contributed by atoms with van der Waals surface area (Å²) in [4.78, 5) is 0. The van der Waals surface area contributed by atoms with Gasteiger partial charge in [-0.2, -0.15) is 0 Å². The minimum absolute atomic E-state index is 0.118. The Bertz CT molecular complexity index is 1680. The zero-order chi connectivity index (χ0) is 24.3. The van der Waals surface area contributed by atoms with Crippen molar-refractivity contribution in [3.05, 3.63) is 101 Å². The van der Waals surface area contributed by atoms with Gasteiger partial charge in [0, 0.05) is 22.9 Å². The van der Waals surface area contributed by atoms with E-state index in [4.69, 9.17) is 0 Å². The van der Waals surface area contributed by atoms with Crippen molar-refractivity contribution in [2.75, 3.05) is 0 Å². The number of para-hydroxylation sites is 2. The second-order valence-corrected chi connectivity index (χ2v) is 12.3. The normalized spacial score (nSPS) is 18.6. The summed E-state index contributed by atoms with van der Waals surface area (Å²) in [7, 11) is 0. The Kier molecular flexibility index (Phi) is 3.88. The maximum Gasteiger partial charge on any atom is 0.0582 e. The first-order valence-electron chi connectivity index (χ1n) is 12.9. The molecule has 0 unspecified atom stereocenters. The van der Waals surface area contributed by atoms with Crippen LogP contribution >= 0.6 is 0 Å². The highest BCUT2D eigenvalue weighted by Gasteiger charge is 2.57. The number of hydrogen-bond acceptors (Lipinski definition) is 0. The van der Waals surface area contributed by atoms with Crippen LogP contribution in [-0.4, -0.2) is 4.57 Å². The van der Waals surface area contributed by atoms with Gasteiger partial charge in [0.15, 0.2) is 0 Å². The molecule has 5 aromatic rings. The molecule has 0 aliphatic heterocycles. The Morgan fingerprint density at radius 1 is 0.629 bits per heavy atom. The number of hydrogen-bond donors (Lipinski definition) is 0. The third-order valence-corrected chi connectivity index (χ3v) is 10.3. The van der Waals surface area contributed by atoms with Crippen LogP contribution in [0.4, 0.5) is 0 Å². The lowest BCUT2D eigenvalue weighted by molar-refractivity contribution is 0.125. The van der Waals surface area contributed by atoms with Crippen LogP contribution in [0.15, 0.2) is 78.9 Å². The van der Waals surface area contributed by atoms with Gasteiger partial charge in [0.2, 0.25) is 0 Å². The number of benzene rings is 4. The van der Waals surface area contributed by atoms with Gasteiger partial charge in [0.1, 0.15) is 0 Å². The van der Waals surface area contributed by atoms with Crippen LogP contribution in [-0.2, 0) is 17.3 Å². The van der Waals surface area contributed by atoms with Gasteiger partial charge < -0.3 is 4.57 Å². The highest BCUT2D eigenvalue weighted by Crippen LogP contribution is 2.62. The van der Waals surface area contributed by atoms with E-state index >= 15 is 0 Å². The quantitative estimate of drug-likeness (QED) is 0.233. The fourth-order valence-corrected chi connectivity index (χ4v) is 7.12. The summed E-state index contributed by atoms with van der Waals surface area (Å²) >= 11 is 0. The zero-order valence-electron chi connectivity index (χ0n) is 21.7. The molecule has 35 heavy (non-hydrogen) atoms. The van der Waals surface area contributed by atoms with E-state index in [-0.39, 0.29) is 16.2 Å². The lowest BCUT2D eigenvalue weighted by Gasteiger charge is -2.44. The van der Waals surface area contributed by atoms with Crippen LogP contribution in [0.5, 0.6) is 0 Å². The van der Waals surface area contributed by atoms with Gasteiger partial charge in [-0.05, 0) is 73.9 Å². The van der Waals surface area contributed by atoms with Crippen molar-refractivity contribution >= 4 is 21.8 Å². The van der Waals surface area contributed by atoms with Crippen LogP contribution < -0.4 is 0 Å². The second kappa shape index (κ2) is 6.46. The van der Waals surface area contributed by atoms with E-state index in [1.54, 1.807) is 5.56 Å². The number of rotatable bonds is 1. The first-order valence-corrected chi connectivity index (χ1v) is 12.9. The van der Waals surface area contributed by atoms with Crippen molar-refractivity contribution in [2.45, 2.75) is 58.8 Å². The lowest BCUT2D eigenvalue weighted by atomic mass is 9.59. The molecule has 1 aromatic heterocycles. The average Bonchev–Trinajstić information content (AvgIpc) is 3.41. The van der Waals surface area contributed by atoms with Crippen molar-refractivity contribution < 1.29 is 0 Å². The Labute approximate surface area is 208 Å². The van der Waals surface area contributed by atoms with E-state index in [9.17, 15) is 0 Å². The SMILES string of the molecule is CC1(C)c2cc3c(cc2C(C)(C)C1(C)C)-c1ccc2c4ccccc4n(-c4ccccc4)c2c1C3. The summed E-state index contributed by atoms with van der Waals surface area (Å²) in [5, 5.41) is 2.68. The monoisotopic (exact) mass is 455 g/mol. The molecule has 0 amide bonds. The van der Waals surface area contributed by atoms with Crippen LogP contribution in [0.1, 0.15) is 63.8 Å². The molecule has 174 valence electrons. The Hall–Kier alpha value is -3.32. The second-order valence-electron chi connectivity index (χ2n) is 12.3. The highest BCUT2D eigenvalue weighted by atomic mass is 15.0. The predicted molar refractivity (Wildman–Crippen MR) is 149 cm³/mol. The predicted octanol–water partition coefficient (Wildman–Crippen LogP) is 8.95. The molecule has 4 aromatic carbocycles. The molecule has 0 radical (unpaired) electrons.